The summed E-state index contributed by atoms with van der Waals surface area (Å²) in [5.74, 6) is 0.670. The van der Waals surface area contributed by atoms with Gasteiger partial charge in [-0.15, -0.1) is 0 Å². The highest BCUT2D eigenvalue weighted by Gasteiger charge is 2.20. The number of hydrogen-bond acceptors (Lipinski definition) is 3. The van der Waals surface area contributed by atoms with E-state index >= 15 is 0 Å². The van der Waals surface area contributed by atoms with Crippen molar-refractivity contribution < 1.29 is 4.74 Å². The van der Waals surface area contributed by atoms with Gasteiger partial charge in [0.15, 0.2) is 0 Å². The van der Waals surface area contributed by atoms with Crippen molar-refractivity contribution in [2.24, 2.45) is 5.92 Å². The molecule has 1 aromatic heterocycles. The van der Waals surface area contributed by atoms with Crippen LogP contribution in [0.2, 0.25) is 0 Å². The molecule has 0 spiro atoms. The third-order valence-electron chi connectivity index (χ3n) is 3.47. The predicted molar refractivity (Wildman–Crippen MR) is 72.5 cm³/mol. The zero-order chi connectivity index (χ0) is 13.0. The van der Waals surface area contributed by atoms with Crippen LogP contribution in [-0.2, 0) is 16.7 Å². The second kappa shape index (κ2) is 5.85. The molecule has 1 fully saturated rings. The summed E-state index contributed by atoms with van der Waals surface area (Å²) in [5, 5.41) is 10.8. The average molecular weight is 251 g/mol. The van der Waals surface area contributed by atoms with Crippen molar-refractivity contribution in [3.05, 3.63) is 17.5 Å². The second-order valence-electron chi connectivity index (χ2n) is 6.23. The lowest BCUT2D eigenvalue weighted by molar-refractivity contribution is 0.0547. The van der Waals surface area contributed by atoms with Gasteiger partial charge < -0.3 is 10.1 Å². The van der Waals surface area contributed by atoms with Gasteiger partial charge >= 0.3 is 0 Å². The standard InChI is InChI=1S/C14H25N3O/c1-14(2,3)13-12(9-16-17-13)8-15-7-11-5-4-6-18-10-11/h9,11,15H,4-8,10H2,1-3H3,(H,16,17). The zero-order valence-corrected chi connectivity index (χ0v) is 11.8. The van der Waals surface area contributed by atoms with Crippen molar-refractivity contribution in [2.45, 2.75) is 45.6 Å². The molecule has 1 aliphatic rings. The lowest BCUT2D eigenvalue weighted by atomic mass is 9.89. The first kappa shape index (κ1) is 13.6. The number of rotatable bonds is 4. The van der Waals surface area contributed by atoms with Crippen LogP contribution in [0.25, 0.3) is 0 Å². The number of hydrogen-bond donors (Lipinski definition) is 2. The van der Waals surface area contributed by atoms with Crippen LogP contribution < -0.4 is 5.32 Å². The molecule has 0 aliphatic carbocycles. The zero-order valence-electron chi connectivity index (χ0n) is 11.8. The van der Waals surface area contributed by atoms with Gasteiger partial charge in [-0.1, -0.05) is 20.8 Å². The van der Waals surface area contributed by atoms with Crippen LogP contribution in [0, 0.1) is 5.92 Å². The Morgan fingerprint density at radius 1 is 1.50 bits per heavy atom. The molecular weight excluding hydrogens is 226 g/mol. The lowest BCUT2D eigenvalue weighted by Gasteiger charge is -2.23. The minimum Gasteiger partial charge on any atom is -0.381 e. The van der Waals surface area contributed by atoms with Crippen molar-refractivity contribution in [1.29, 1.82) is 0 Å². The van der Waals surface area contributed by atoms with Gasteiger partial charge in [-0.2, -0.15) is 5.10 Å². The molecule has 1 atom stereocenters. The van der Waals surface area contributed by atoms with Gasteiger partial charge in [-0.3, -0.25) is 5.10 Å². The van der Waals surface area contributed by atoms with E-state index in [1.165, 1.54) is 24.1 Å². The number of aromatic nitrogens is 2. The van der Waals surface area contributed by atoms with Gasteiger partial charge in [0.25, 0.3) is 0 Å². The Kier molecular flexibility index (Phi) is 4.40. The first-order chi connectivity index (χ1) is 8.57. The average Bonchev–Trinajstić information content (AvgIpc) is 2.78. The molecule has 1 saturated heterocycles. The Bertz CT molecular complexity index is 361. The number of H-pyrrole nitrogens is 1. The Labute approximate surface area is 110 Å². The van der Waals surface area contributed by atoms with Gasteiger partial charge in [-0.25, -0.2) is 0 Å². The van der Waals surface area contributed by atoms with E-state index in [1.807, 2.05) is 6.20 Å². The molecule has 0 aromatic carbocycles. The fraction of sp³-hybridized carbons (Fsp3) is 0.786. The molecule has 1 aromatic rings. The summed E-state index contributed by atoms with van der Waals surface area (Å²) in [6, 6.07) is 0. The highest BCUT2D eigenvalue weighted by Crippen LogP contribution is 2.23. The van der Waals surface area contributed by atoms with Crippen LogP contribution in [0.15, 0.2) is 6.20 Å². The molecule has 2 heterocycles. The highest BCUT2D eigenvalue weighted by molar-refractivity contribution is 5.23. The topological polar surface area (TPSA) is 49.9 Å². The number of nitrogens with one attached hydrogen (secondary N) is 2. The molecule has 1 unspecified atom stereocenters. The van der Waals surface area contributed by atoms with E-state index < -0.39 is 0 Å². The van der Waals surface area contributed by atoms with E-state index in [9.17, 15) is 0 Å². The third kappa shape index (κ3) is 3.56. The maximum Gasteiger partial charge on any atom is 0.0535 e. The van der Waals surface area contributed by atoms with Crippen molar-refractivity contribution in [3.63, 3.8) is 0 Å². The fourth-order valence-electron chi connectivity index (χ4n) is 2.47. The first-order valence-corrected chi connectivity index (χ1v) is 6.88. The van der Waals surface area contributed by atoms with Crippen molar-refractivity contribution >= 4 is 0 Å². The van der Waals surface area contributed by atoms with E-state index in [0.717, 1.165) is 26.3 Å². The number of aromatic amines is 1. The van der Waals surface area contributed by atoms with Gasteiger partial charge in [-0.05, 0) is 18.8 Å². The summed E-state index contributed by atoms with van der Waals surface area (Å²) in [5.41, 5.74) is 2.63. The molecule has 102 valence electrons. The Morgan fingerprint density at radius 2 is 2.33 bits per heavy atom. The molecule has 18 heavy (non-hydrogen) atoms. The smallest absolute Gasteiger partial charge is 0.0535 e. The third-order valence-corrected chi connectivity index (χ3v) is 3.47. The van der Waals surface area contributed by atoms with Crippen LogP contribution in [0.5, 0.6) is 0 Å². The van der Waals surface area contributed by atoms with Gasteiger partial charge in [0.2, 0.25) is 0 Å². The van der Waals surface area contributed by atoms with E-state index in [4.69, 9.17) is 4.74 Å². The number of nitrogens with zero attached hydrogens (tertiary/aromatic N) is 1. The molecule has 0 amide bonds. The normalized spacial score (nSPS) is 21.2. The van der Waals surface area contributed by atoms with Gasteiger partial charge in [0.05, 0.1) is 12.8 Å². The van der Waals surface area contributed by atoms with E-state index in [0.29, 0.717) is 5.92 Å². The van der Waals surface area contributed by atoms with Crippen LogP contribution in [0.1, 0.15) is 44.9 Å². The monoisotopic (exact) mass is 251 g/mol. The Morgan fingerprint density at radius 3 is 3.00 bits per heavy atom. The van der Waals surface area contributed by atoms with E-state index in [-0.39, 0.29) is 5.41 Å². The Hall–Kier alpha value is -0.870. The summed E-state index contributed by atoms with van der Waals surface area (Å²) in [6.07, 6.45) is 4.42. The summed E-state index contributed by atoms with van der Waals surface area (Å²) < 4.78 is 5.49. The molecular formula is C14H25N3O. The van der Waals surface area contributed by atoms with Crippen molar-refractivity contribution in [2.75, 3.05) is 19.8 Å². The summed E-state index contributed by atoms with van der Waals surface area (Å²) in [6.45, 7) is 10.4. The van der Waals surface area contributed by atoms with E-state index in [2.05, 4.69) is 36.3 Å². The van der Waals surface area contributed by atoms with Crippen LogP contribution in [0.4, 0.5) is 0 Å². The first-order valence-electron chi connectivity index (χ1n) is 6.88. The fourth-order valence-corrected chi connectivity index (χ4v) is 2.47. The molecule has 0 bridgehead atoms. The predicted octanol–water partition coefficient (Wildman–Crippen LogP) is 2.22. The summed E-state index contributed by atoms with van der Waals surface area (Å²) >= 11 is 0. The molecule has 1 aliphatic heterocycles. The van der Waals surface area contributed by atoms with Crippen LogP contribution in [0.3, 0.4) is 0 Å². The largest absolute Gasteiger partial charge is 0.381 e. The number of ether oxygens (including phenoxy) is 1. The maximum atomic E-state index is 5.49. The minimum atomic E-state index is 0.126. The molecule has 2 N–H and O–H groups in total. The molecule has 0 saturated carbocycles. The quantitative estimate of drug-likeness (QED) is 0.862. The SMILES string of the molecule is CC(C)(C)c1[nH]ncc1CNCC1CCCOC1. The second-order valence-corrected chi connectivity index (χ2v) is 6.23. The summed E-state index contributed by atoms with van der Waals surface area (Å²) in [4.78, 5) is 0. The molecule has 4 nitrogen and oxygen atoms in total. The van der Waals surface area contributed by atoms with Gasteiger partial charge in [0, 0.05) is 36.4 Å². The lowest BCUT2D eigenvalue weighted by Crippen LogP contribution is -2.29. The highest BCUT2D eigenvalue weighted by atomic mass is 16.5. The van der Waals surface area contributed by atoms with Gasteiger partial charge in [0.1, 0.15) is 0 Å². The van der Waals surface area contributed by atoms with Crippen molar-refractivity contribution in [1.82, 2.24) is 15.5 Å². The van der Waals surface area contributed by atoms with Crippen molar-refractivity contribution in [3.8, 4) is 0 Å². The minimum absolute atomic E-state index is 0.126. The molecule has 0 radical (unpaired) electrons. The van der Waals surface area contributed by atoms with Crippen LogP contribution in [-0.4, -0.2) is 30.0 Å². The van der Waals surface area contributed by atoms with E-state index in [1.54, 1.807) is 0 Å². The van der Waals surface area contributed by atoms with Crippen LogP contribution >= 0.6 is 0 Å². The molecule has 2 rings (SSSR count). The maximum absolute atomic E-state index is 5.49. The Balaban J connectivity index is 1.81. The summed E-state index contributed by atoms with van der Waals surface area (Å²) in [7, 11) is 0. The molecule has 4 heteroatoms.